The molecular formula is C12H17NO4. The molecule has 0 radical (unpaired) electrons. The van der Waals surface area contributed by atoms with E-state index in [0.29, 0.717) is 17.2 Å². The number of rotatable bonds is 2. The SMILES string of the molecule is COC1(C)Oc2ccc(N)cc2OC1(C)OC. The first-order valence-electron chi connectivity index (χ1n) is 5.32. The van der Waals surface area contributed by atoms with Gasteiger partial charge in [0.2, 0.25) is 0 Å². The van der Waals surface area contributed by atoms with Crippen LogP contribution in [0.2, 0.25) is 0 Å². The fourth-order valence-electron chi connectivity index (χ4n) is 1.75. The van der Waals surface area contributed by atoms with Crippen LogP contribution in [-0.4, -0.2) is 25.8 Å². The van der Waals surface area contributed by atoms with Crippen molar-refractivity contribution in [3.63, 3.8) is 0 Å². The molecule has 0 amide bonds. The van der Waals surface area contributed by atoms with Crippen molar-refractivity contribution in [1.29, 1.82) is 0 Å². The third kappa shape index (κ3) is 1.71. The number of benzene rings is 1. The molecule has 2 atom stereocenters. The van der Waals surface area contributed by atoms with Gasteiger partial charge in [-0.25, -0.2) is 0 Å². The smallest absolute Gasteiger partial charge is 0.273 e. The zero-order valence-corrected chi connectivity index (χ0v) is 10.4. The summed E-state index contributed by atoms with van der Waals surface area (Å²) in [6.07, 6.45) is 0. The van der Waals surface area contributed by atoms with Gasteiger partial charge < -0.3 is 24.7 Å². The number of methoxy groups -OCH3 is 2. The van der Waals surface area contributed by atoms with Crippen LogP contribution in [0.15, 0.2) is 18.2 Å². The van der Waals surface area contributed by atoms with E-state index in [4.69, 9.17) is 24.7 Å². The number of hydrogen-bond donors (Lipinski definition) is 1. The highest BCUT2D eigenvalue weighted by Gasteiger charge is 2.54. The van der Waals surface area contributed by atoms with Crippen LogP contribution in [-0.2, 0) is 9.47 Å². The third-order valence-corrected chi connectivity index (χ3v) is 3.18. The van der Waals surface area contributed by atoms with Gasteiger partial charge in [0.1, 0.15) is 0 Å². The largest absolute Gasteiger partial charge is 0.452 e. The topological polar surface area (TPSA) is 62.9 Å². The van der Waals surface area contributed by atoms with Crippen LogP contribution in [0.5, 0.6) is 11.5 Å². The molecule has 1 aliphatic rings. The van der Waals surface area contributed by atoms with E-state index in [1.165, 1.54) is 7.11 Å². The zero-order chi connectivity index (χ0) is 12.7. The fourth-order valence-corrected chi connectivity index (χ4v) is 1.75. The number of nitrogens with two attached hydrogens (primary N) is 1. The quantitative estimate of drug-likeness (QED) is 0.797. The molecule has 0 saturated carbocycles. The Hall–Kier alpha value is -1.46. The Morgan fingerprint density at radius 1 is 1.00 bits per heavy atom. The van der Waals surface area contributed by atoms with Crippen molar-refractivity contribution in [2.75, 3.05) is 20.0 Å². The lowest BCUT2D eigenvalue weighted by molar-refractivity contribution is -0.345. The predicted octanol–water partition coefficient (Wildman–Crippen LogP) is 1.77. The first-order chi connectivity index (χ1) is 7.94. The van der Waals surface area contributed by atoms with Crippen molar-refractivity contribution in [2.45, 2.75) is 25.4 Å². The number of ether oxygens (including phenoxy) is 4. The van der Waals surface area contributed by atoms with Crippen molar-refractivity contribution in [3.8, 4) is 11.5 Å². The van der Waals surface area contributed by atoms with Crippen LogP contribution in [0, 0.1) is 0 Å². The molecule has 5 heteroatoms. The van der Waals surface area contributed by atoms with Crippen molar-refractivity contribution < 1.29 is 18.9 Å². The highest BCUT2D eigenvalue weighted by atomic mass is 16.8. The number of nitrogen functional groups attached to an aromatic ring is 1. The van der Waals surface area contributed by atoms with E-state index < -0.39 is 11.6 Å². The van der Waals surface area contributed by atoms with E-state index in [0.717, 1.165) is 0 Å². The second kappa shape index (κ2) is 3.78. The maximum Gasteiger partial charge on any atom is 0.273 e. The van der Waals surface area contributed by atoms with Crippen LogP contribution < -0.4 is 15.2 Å². The number of anilines is 1. The second-order valence-electron chi connectivity index (χ2n) is 4.21. The zero-order valence-electron chi connectivity index (χ0n) is 10.4. The van der Waals surface area contributed by atoms with E-state index in [2.05, 4.69) is 0 Å². The monoisotopic (exact) mass is 239 g/mol. The maximum absolute atomic E-state index is 5.80. The van der Waals surface area contributed by atoms with Gasteiger partial charge in [-0.05, 0) is 12.1 Å². The predicted molar refractivity (Wildman–Crippen MR) is 62.9 cm³/mol. The first-order valence-corrected chi connectivity index (χ1v) is 5.32. The molecule has 0 aromatic heterocycles. The molecule has 0 aliphatic carbocycles. The van der Waals surface area contributed by atoms with Gasteiger partial charge in [0.25, 0.3) is 11.6 Å². The van der Waals surface area contributed by atoms with Gasteiger partial charge in [0.05, 0.1) is 0 Å². The summed E-state index contributed by atoms with van der Waals surface area (Å²) in [5.74, 6) is -0.935. The highest BCUT2D eigenvalue weighted by Crippen LogP contribution is 2.44. The summed E-state index contributed by atoms with van der Waals surface area (Å²) in [4.78, 5) is 0. The molecule has 5 nitrogen and oxygen atoms in total. The van der Waals surface area contributed by atoms with Crippen molar-refractivity contribution in [3.05, 3.63) is 18.2 Å². The summed E-state index contributed by atoms with van der Waals surface area (Å²) in [6.45, 7) is 3.51. The molecule has 1 heterocycles. The van der Waals surface area contributed by atoms with Gasteiger partial charge in [-0.2, -0.15) is 0 Å². The van der Waals surface area contributed by atoms with Crippen LogP contribution in [0.1, 0.15) is 13.8 Å². The van der Waals surface area contributed by atoms with E-state index in [-0.39, 0.29) is 0 Å². The Labute approximate surface area is 100 Å². The molecule has 94 valence electrons. The Kier molecular flexibility index (Phi) is 2.67. The van der Waals surface area contributed by atoms with E-state index in [1.807, 2.05) is 0 Å². The first kappa shape index (κ1) is 12.0. The molecule has 2 rings (SSSR count). The lowest BCUT2D eigenvalue weighted by Crippen LogP contribution is -2.62. The van der Waals surface area contributed by atoms with Gasteiger partial charge in [-0.15, -0.1) is 0 Å². The Balaban J connectivity index is 2.47. The maximum atomic E-state index is 5.80. The van der Waals surface area contributed by atoms with Gasteiger partial charge in [0, 0.05) is 39.8 Å². The normalized spacial score (nSPS) is 31.3. The Morgan fingerprint density at radius 3 is 2.06 bits per heavy atom. The molecule has 0 spiro atoms. The van der Waals surface area contributed by atoms with Crippen molar-refractivity contribution >= 4 is 5.69 Å². The summed E-state index contributed by atoms with van der Waals surface area (Å²) in [7, 11) is 3.08. The molecular weight excluding hydrogens is 222 g/mol. The van der Waals surface area contributed by atoms with Gasteiger partial charge in [0.15, 0.2) is 11.5 Å². The summed E-state index contributed by atoms with van der Waals surface area (Å²) in [5, 5.41) is 0. The Morgan fingerprint density at radius 2 is 1.53 bits per heavy atom. The molecule has 0 fully saturated rings. The van der Waals surface area contributed by atoms with E-state index in [9.17, 15) is 0 Å². The standard InChI is InChI=1S/C12H17NO4/c1-11(14-3)12(2,15-4)17-10-7-8(13)5-6-9(10)16-11/h5-7H,13H2,1-4H3. The number of hydrogen-bond acceptors (Lipinski definition) is 5. The van der Waals surface area contributed by atoms with Crippen LogP contribution in [0.3, 0.4) is 0 Å². The summed E-state index contributed by atoms with van der Waals surface area (Å²) in [5.41, 5.74) is 6.31. The minimum absolute atomic E-state index is 0.545. The van der Waals surface area contributed by atoms with Crippen molar-refractivity contribution in [2.24, 2.45) is 0 Å². The lowest BCUT2D eigenvalue weighted by Gasteiger charge is -2.46. The molecule has 1 aliphatic heterocycles. The molecule has 17 heavy (non-hydrogen) atoms. The average molecular weight is 239 g/mol. The summed E-state index contributed by atoms with van der Waals surface area (Å²) < 4.78 is 22.3. The summed E-state index contributed by atoms with van der Waals surface area (Å²) >= 11 is 0. The molecule has 0 bridgehead atoms. The van der Waals surface area contributed by atoms with Crippen LogP contribution in [0.25, 0.3) is 0 Å². The van der Waals surface area contributed by atoms with E-state index >= 15 is 0 Å². The lowest BCUT2D eigenvalue weighted by atomic mass is 10.1. The van der Waals surface area contributed by atoms with Crippen LogP contribution >= 0.6 is 0 Å². The van der Waals surface area contributed by atoms with Crippen molar-refractivity contribution in [1.82, 2.24) is 0 Å². The van der Waals surface area contributed by atoms with Gasteiger partial charge >= 0.3 is 0 Å². The molecule has 0 saturated heterocycles. The van der Waals surface area contributed by atoms with E-state index in [1.54, 1.807) is 39.2 Å². The van der Waals surface area contributed by atoms with Gasteiger partial charge in [-0.3, -0.25) is 0 Å². The third-order valence-electron chi connectivity index (χ3n) is 3.18. The minimum atomic E-state index is -1.04. The van der Waals surface area contributed by atoms with Gasteiger partial charge in [-0.1, -0.05) is 0 Å². The Bertz CT molecular complexity index is 437. The average Bonchev–Trinajstić information content (AvgIpc) is 2.31. The number of fused-ring (bicyclic) bond motifs is 1. The minimum Gasteiger partial charge on any atom is -0.452 e. The molecule has 2 unspecified atom stereocenters. The summed E-state index contributed by atoms with van der Waals surface area (Å²) in [6, 6.07) is 5.19. The fraction of sp³-hybridized carbons (Fsp3) is 0.500. The molecule has 1 aromatic rings. The second-order valence-corrected chi connectivity index (χ2v) is 4.21. The molecule has 1 aromatic carbocycles. The molecule has 2 N–H and O–H groups in total. The highest BCUT2D eigenvalue weighted by molar-refractivity contribution is 5.53. The van der Waals surface area contributed by atoms with Crippen LogP contribution in [0.4, 0.5) is 5.69 Å².